The third kappa shape index (κ3) is 4.94. The van der Waals surface area contributed by atoms with Crippen LogP contribution in [0.4, 0.5) is 10.8 Å². The number of ether oxygens (including phenoxy) is 2. The lowest BCUT2D eigenvalue weighted by atomic mass is 10.2. The molecule has 1 aromatic carbocycles. The lowest BCUT2D eigenvalue weighted by Crippen LogP contribution is -2.17. The van der Waals surface area contributed by atoms with E-state index >= 15 is 0 Å². The second kappa shape index (κ2) is 9.13. The van der Waals surface area contributed by atoms with E-state index in [4.69, 9.17) is 15.2 Å². The van der Waals surface area contributed by atoms with Gasteiger partial charge < -0.3 is 15.2 Å². The lowest BCUT2D eigenvalue weighted by Gasteiger charge is -2.14. The average Bonchev–Trinajstić information content (AvgIpc) is 3.02. The van der Waals surface area contributed by atoms with Crippen molar-refractivity contribution in [3.63, 3.8) is 0 Å². The largest absolute Gasteiger partial charge is 0.493 e. The van der Waals surface area contributed by atoms with Gasteiger partial charge in [0.25, 0.3) is 5.91 Å². The topological polar surface area (TPSA) is 142 Å². The van der Waals surface area contributed by atoms with Gasteiger partial charge in [0, 0.05) is 11.6 Å². The van der Waals surface area contributed by atoms with Crippen LogP contribution in [0.5, 0.6) is 11.5 Å². The number of nitrogens with two attached hydrogens (primary N) is 1. The van der Waals surface area contributed by atoms with E-state index in [9.17, 15) is 14.9 Å². The monoisotopic (exact) mass is 407 g/mol. The van der Waals surface area contributed by atoms with Gasteiger partial charge in [-0.2, -0.15) is 5.10 Å². The molecule has 1 amide bonds. The van der Waals surface area contributed by atoms with Gasteiger partial charge in [-0.15, -0.1) is 0 Å². The maximum absolute atomic E-state index is 12.2. The summed E-state index contributed by atoms with van der Waals surface area (Å²) in [6, 6.07) is 2.82. The van der Waals surface area contributed by atoms with Crippen molar-refractivity contribution < 1.29 is 19.2 Å². The first-order chi connectivity index (χ1) is 13.3. The summed E-state index contributed by atoms with van der Waals surface area (Å²) in [6.45, 7) is 5.37. The smallest absolute Gasteiger partial charge is 0.315 e. The van der Waals surface area contributed by atoms with Crippen molar-refractivity contribution in [2.24, 2.45) is 5.10 Å². The van der Waals surface area contributed by atoms with Gasteiger partial charge in [0.05, 0.1) is 30.0 Å². The van der Waals surface area contributed by atoms with E-state index in [2.05, 4.69) is 15.5 Å². The first-order valence-corrected chi connectivity index (χ1v) is 9.20. The molecule has 1 heterocycles. The standard InChI is InChI=1S/C17H21N5O5S/c1-5-11-15(28-17(18)20-11)16(23)21-19-8-10-6-12(22(24)25)14(27-9(2)3)13(7-10)26-4/h6-9H,5H2,1-4H3,(H2,18,20)(H,21,23)/b19-8-. The van der Waals surface area contributed by atoms with Crippen molar-refractivity contribution in [2.45, 2.75) is 33.3 Å². The molecule has 0 aliphatic heterocycles. The molecule has 0 aliphatic rings. The number of nitro groups is 1. The van der Waals surface area contributed by atoms with Crippen LogP contribution in [0.15, 0.2) is 17.2 Å². The van der Waals surface area contributed by atoms with Gasteiger partial charge in [-0.1, -0.05) is 18.3 Å². The number of anilines is 1. The minimum absolute atomic E-state index is 0.0383. The molecule has 0 aliphatic carbocycles. The summed E-state index contributed by atoms with van der Waals surface area (Å²) in [5.74, 6) is -0.223. The number of methoxy groups -OCH3 is 1. The number of rotatable bonds is 8. The zero-order valence-corrected chi connectivity index (χ0v) is 16.7. The molecule has 0 fully saturated rings. The summed E-state index contributed by atoms with van der Waals surface area (Å²) in [6.07, 6.45) is 1.56. The summed E-state index contributed by atoms with van der Waals surface area (Å²) >= 11 is 1.07. The predicted octanol–water partition coefficient (Wildman–Crippen LogP) is 2.76. The van der Waals surface area contributed by atoms with Crippen LogP contribution in [0.25, 0.3) is 0 Å². The fourth-order valence-corrected chi connectivity index (χ4v) is 3.14. The summed E-state index contributed by atoms with van der Waals surface area (Å²) in [7, 11) is 1.38. The molecule has 0 saturated carbocycles. The molecule has 2 aromatic rings. The van der Waals surface area contributed by atoms with Crippen LogP contribution < -0.4 is 20.6 Å². The summed E-state index contributed by atoms with van der Waals surface area (Å²) in [5, 5.41) is 15.6. The number of nitrogens with one attached hydrogen (secondary N) is 1. The van der Waals surface area contributed by atoms with E-state index in [1.165, 1.54) is 25.5 Å². The van der Waals surface area contributed by atoms with Crippen molar-refractivity contribution >= 4 is 34.3 Å². The van der Waals surface area contributed by atoms with Crippen LogP contribution in [0.1, 0.15) is 41.7 Å². The van der Waals surface area contributed by atoms with E-state index < -0.39 is 10.8 Å². The van der Waals surface area contributed by atoms with Crippen LogP contribution in [0, 0.1) is 10.1 Å². The molecule has 11 heteroatoms. The Morgan fingerprint density at radius 3 is 2.79 bits per heavy atom. The van der Waals surface area contributed by atoms with Gasteiger partial charge in [-0.05, 0) is 26.3 Å². The Balaban J connectivity index is 2.26. The number of hydrogen-bond acceptors (Lipinski definition) is 9. The third-order valence-electron chi connectivity index (χ3n) is 3.46. The molecule has 0 saturated heterocycles. The summed E-state index contributed by atoms with van der Waals surface area (Å²) < 4.78 is 10.7. The number of aryl methyl sites for hydroxylation is 1. The number of hydrogen-bond donors (Lipinski definition) is 2. The second-order valence-electron chi connectivity index (χ2n) is 5.88. The van der Waals surface area contributed by atoms with Gasteiger partial charge in [-0.3, -0.25) is 14.9 Å². The zero-order chi connectivity index (χ0) is 20.8. The predicted molar refractivity (Wildman–Crippen MR) is 106 cm³/mol. The molecule has 1 aromatic heterocycles. The molecule has 10 nitrogen and oxygen atoms in total. The van der Waals surface area contributed by atoms with Crippen molar-refractivity contribution in [2.75, 3.05) is 12.8 Å². The number of nitrogens with zero attached hydrogens (tertiary/aromatic N) is 3. The maximum Gasteiger partial charge on any atom is 0.315 e. The van der Waals surface area contributed by atoms with E-state index in [0.29, 0.717) is 27.7 Å². The maximum atomic E-state index is 12.2. The highest BCUT2D eigenvalue weighted by molar-refractivity contribution is 7.17. The Kier molecular flexibility index (Phi) is 6.88. The number of thiazole rings is 1. The molecule has 0 atom stereocenters. The molecule has 0 radical (unpaired) electrons. The zero-order valence-electron chi connectivity index (χ0n) is 15.9. The SMILES string of the molecule is CCc1nc(N)sc1C(=O)N/N=C\c1cc(OC)c(OC(C)C)c([N+](=O)[O-])c1. The Hall–Kier alpha value is -3.21. The number of hydrazone groups is 1. The molecule has 0 spiro atoms. The second-order valence-corrected chi connectivity index (χ2v) is 6.91. The molecular formula is C17H21N5O5S. The molecule has 150 valence electrons. The Labute approximate surface area is 165 Å². The van der Waals surface area contributed by atoms with Crippen LogP contribution >= 0.6 is 11.3 Å². The molecule has 0 unspecified atom stereocenters. The third-order valence-corrected chi connectivity index (χ3v) is 4.39. The van der Waals surface area contributed by atoms with Crippen LogP contribution in [0.2, 0.25) is 0 Å². The van der Waals surface area contributed by atoms with E-state index in [-0.39, 0.29) is 23.3 Å². The first-order valence-electron chi connectivity index (χ1n) is 8.38. The highest BCUT2D eigenvalue weighted by atomic mass is 32.1. The number of nitro benzene ring substituents is 1. The van der Waals surface area contributed by atoms with Crippen molar-refractivity contribution in [1.29, 1.82) is 0 Å². The van der Waals surface area contributed by atoms with Crippen molar-refractivity contribution in [3.05, 3.63) is 38.4 Å². The van der Waals surface area contributed by atoms with Gasteiger partial charge in [-0.25, -0.2) is 10.4 Å². The van der Waals surface area contributed by atoms with Crippen LogP contribution in [-0.2, 0) is 6.42 Å². The summed E-state index contributed by atoms with van der Waals surface area (Å²) in [4.78, 5) is 27.5. The highest BCUT2D eigenvalue weighted by Crippen LogP contribution is 2.38. The molecule has 2 rings (SSSR count). The molecular weight excluding hydrogens is 386 g/mol. The van der Waals surface area contributed by atoms with Crippen molar-refractivity contribution in [1.82, 2.24) is 10.4 Å². The molecule has 0 bridgehead atoms. The van der Waals surface area contributed by atoms with E-state index in [1.54, 1.807) is 13.8 Å². The number of benzene rings is 1. The Bertz CT molecular complexity index is 910. The molecule has 28 heavy (non-hydrogen) atoms. The average molecular weight is 407 g/mol. The normalized spacial score (nSPS) is 11.0. The Morgan fingerprint density at radius 1 is 1.50 bits per heavy atom. The van der Waals surface area contributed by atoms with Gasteiger partial charge in [0.15, 0.2) is 10.9 Å². The quantitative estimate of drug-likeness (QED) is 0.389. The molecule has 3 N–H and O–H groups in total. The highest BCUT2D eigenvalue weighted by Gasteiger charge is 2.23. The van der Waals surface area contributed by atoms with Crippen LogP contribution in [-0.4, -0.2) is 35.2 Å². The minimum Gasteiger partial charge on any atom is -0.493 e. The van der Waals surface area contributed by atoms with Gasteiger partial charge in [0.1, 0.15) is 4.88 Å². The van der Waals surface area contributed by atoms with Crippen LogP contribution in [0.3, 0.4) is 0 Å². The number of amides is 1. The fourth-order valence-electron chi connectivity index (χ4n) is 2.33. The number of carbonyl (C=O) groups is 1. The van der Waals surface area contributed by atoms with E-state index in [0.717, 1.165) is 11.3 Å². The number of carbonyl (C=O) groups excluding carboxylic acids is 1. The van der Waals surface area contributed by atoms with E-state index in [1.807, 2.05) is 6.92 Å². The number of aromatic nitrogens is 1. The fraction of sp³-hybridized carbons (Fsp3) is 0.353. The summed E-state index contributed by atoms with van der Waals surface area (Å²) in [5.41, 5.74) is 8.70. The van der Waals surface area contributed by atoms with Crippen molar-refractivity contribution in [3.8, 4) is 11.5 Å². The number of nitrogen functional groups attached to an aromatic ring is 1. The lowest BCUT2D eigenvalue weighted by molar-refractivity contribution is -0.386. The first kappa shape index (κ1) is 21.1. The Morgan fingerprint density at radius 2 is 2.21 bits per heavy atom. The van der Waals surface area contributed by atoms with Gasteiger partial charge in [0.2, 0.25) is 5.75 Å². The van der Waals surface area contributed by atoms with Gasteiger partial charge >= 0.3 is 5.69 Å². The minimum atomic E-state index is -0.566.